The molecule has 130 valence electrons. The lowest BCUT2D eigenvalue weighted by atomic mass is 10.0. The summed E-state index contributed by atoms with van der Waals surface area (Å²) in [5, 5.41) is 2.69. The average molecular weight is 342 g/mol. The molecule has 1 aliphatic heterocycles. The zero-order valence-corrected chi connectivity index (χ0v) is 12.8. The minimum absolute atomic E-state index is 0.0898. The van der Waals surface area contributed by atoms with Crippen LogP contribution in [0, 0.1) is 5.92 Å². The molecule has 1 aromatic rings. The van der Waals surface area contributed by atoms with Crippen molar-refractivity contribution in [2.24, 2.45) is 5.92 Å². The van der Waals surface area contributed by atoms with E-state index in [1.54, 1.807) is 0 Å². The van der Waals surface area contributed by atoms with Crippen LogP contribution in [0.4, 0.5) is 13.2 Å². The number of piperazine rings is 1. The highest BCUT2D eigenvalue weighted by Gasteiger charge is 2.37. The highest BCUT2D eigenvalue weighted by atomic mass is 19.4. The molecule has 0 spiro atoms. The van der Waals surface area contributed by atoms with Gasteiger partial charge in [0.2, 0.25) is 11.8 Å². The lowest BCUT2D eigenvalue weighted by Crippen LogP contribution is -2.52. The fourth-order valence-corrected chi connectivity index (χ4v) is 2.80. The van der Waals surface area contributed by atoms with Crippen molar-refractivity contribution in [3.63, 3.8) is 0 Å². The van der Waals surface area contributed by atoms with Crippen LogP contribution in [0.2, 0.25) is 0 Å². The maximum atomic E-state index is 12.4. The molecule has 0 aromatic heterocycles. The third-order valence-electron chi connectivity index (χ3n) is 4.12. The average Bonchev–Trinajstić information content (AvgIpc) is 3.30. The van der Waals surface area contributed by atoms with Crippen molar-refractivity contribution in [1.82, 2.24) is 10.2 Å². The molecule has 3 rings (SSSR count). The van der Waals surface area contributed by atoms with Gasteiger partial charge >= 0.3 is 6.36 Å². The summed E-state index contributed by atoms with van der Waals surface area (Å²) < 4.78 is 40.5. The zero-order chi connectivity index (χ0) is 17.3. The van der Waals surface area contributed by atoms with Crippen LogP contribution >= 0.6 is 0 Å². The van der Waals surface area contributed by atoms with Crippen molar-refractivity contribution >= 4 is 11.8 Å². The van der Waals surface area contributed by atoms with Gasteiger partial charge in [0.15, 0.2) is 0 Å². The standard InChI is InChI=1S/C16H17F3N2O3/c17-16(18,19)24-12-5-3-11(4-6-12)14-15(23)20-7-8-21(14)13(22)9-10-1-2-10/h3-6,10,14H,1-2,7-9H2,(H,20,23). The first-order chi connectivity index (χ1) is 11.3. The van der Waals surface area contributed by atoms with Crippen molar-refractivity contribution in [1.29, 1.82) is 0 Å². The first kappa shape index (κ1) is 16.6. The second-order valence-corrected chi connectivity index (χ2v) is 6.05. The first-order valence-corrected chi connectivity index (χ1v) is 7.76. The van der Waals surface area contributed by atoms with Gasteiger partial charge in [0.05, 0.1) is 0 Å². The van der Waals surface area contributed by atoms with E-state index in [1.807, 2.05) is 0 Å². The molecule has 0 radical (unpaired) electrons. The molecule has 2 amide bonds. The molecule has 8 heteroatoms. The molecular weight excluding hydrogens is 325 g/mol. The summed E-state index contributed by atoms with van der Waals surface area (Å²) in [6.07, 6.45) is -2.30. The van der Waals surface area contributed by atoms with E-state index in [2.05, 4.69) is 10.1 Å². The van der Waals surface area contributed by atoms with Crippen molar-refractivity contribution in [2.75, 3.05) is 13.1 Å². The summed E-state index contributed by atoms with van der Waals surface area (Å²) in [6.45, 7) is 0.768. The van der Waals surface area contributed by atoms with Gasteiger partial charge in [0.25, 0.3) is 0 Å². The number of nitrogens with one attached hydrogen (secondary N) is 1. The lowest BCUT2D eigenvalue weighted by molar-refractivity contribution is -0.274. The third kappa shape index (κ3) is 3.98. The van der Waals surface area contributed by atoms with Crippen molar-refractivity contribution in [3.8, 4) is 5.75 Å². The summed E-state index contributed by atoms with van der Waals surface area (Å²) in [5.41, 5.74) is 0.464. The largest absolute Gasteiger partial charge is 0.573 e. The van der Waals surface area contributed by atoms with Gasteiger partial charge in [-0.2, -0.15) is 0 Å². The van der Waals surface area contributed by atoms with E-state index in [1.165, 1.54) is 17.0 Å². The van der Waals surface area contributed by atoms with Crippen molar-refractivity contribution in [2.45, 2.75) is 31.7 Å². The topological polar surface area (TPSA) is 58.6 Å². The maximum absolute atomic E-state index is 12.4. The van der Waals surface area contributed by atoms with Crippen LogP contribution < -0.4 is 10.1 Å². The van der Waals surface area contributed by atoms with Crippen LogP contribution in [-0.2, 0) is 9.59 Å². The molecule has 0 bridgehead atoms. The Balaban J connectivity index is 1.77. The molecule has 1 aliphatic carbocycles. The number of hydrogen-bond donors (Lipinski definition) is 1. The highest BCUT2D eigenvalue weighted by molar-refractivity contribution is 5.90. The number of amides is 2. The van der Waals surface area contributed by atoms with Crippen molar-refractivity contribution < 1.29 is 27.5 Å². The Morgan fingerprint density at radius 1 is 1.25 bits per heavy atom. The van der Waals surface area contributed by atoms with E-state index in [0.29, 0.717) is 31.0 Å². The monoisotopic (exact) mass is 342 g/mol. The zero-order valence-electron chi connectivity index (χ0n) is 12.8. The van der Waals surface area contributed by atoms with Gasteiger partial charge in [-0.15, -0.1) is 13.2 Å². The Morgan fingerprint density at radius 3 is 2.50 bits per heavy atom. The summed E-state index contributed by atoms with van der Waals surface area (Å²) in [6, 6.07) is 4.25. The van der Waals surface area contributed by atoms with Gasteiger partial charge in [-0.1, -0.05) is 12.1 Å². The molecule has 2 fully saturated rings. The van der Waals surface area contributed by atoms with Gasteiger partial charge in [0, 0.05) is 19.5 Å². The van der Waals surface area contributed by atoms with Crippen LogP contribution in [0.5, 0.6) is 5.75 Å². The molecule has 1 saturated carbocycles. The van der Waals surface area contributed by atoms with Crippen molar-refractivity contribution in [3.05, 3.63) is 29.8 Å². The second kappa shape index (κ2) is 6.33. The number of carbonyl (C=O) groups excluding carboxylic acids is 2. The van der Waals surface area contributed by atoms with E-state index in [4.69, 9.17) is 0 Å². The SMILES string of the molecule is O=C1NCCN(C(=O)CC2CC2)C1c1ccc(OC(F)(F)F)cc1. The first-order valence-electron chi connectivity index (χ1n) is 7.76. The van der Waals surface area contributed by atoms with Gasteiger partial charge < -0.3 is 15.0 Å². The molecule has 1 atom stereocenters. The molecule has 1 heterocycles. The predicted molar refractivity (Wildman–Crippen MR) is 77.9 cm³/mol. The number of benzene rings is 1. The Labute approximate surface area is 136 Å². The van der Waals surface area contributed by atoms with Gasteiger partial charge in [-0.05, 0) is 36.5 Å². The van der Waals surface area contributed by atoms with Gasteiger partial charge in [-0.25, -0.2) is 0 Å². The van der Waals surface area contributed by atoms with Crippen LogP contribution in [0.1, 0.15) is 30.9 Å². The van der Waals surface area contributed by atoms with Crippen LogP contribution in [-0.4, -0.2) is 36.2 Å². The Morgan fingerprint density at radius 2 is 1.92 bits per heavy atom. The summed E-state index contributed by atoms with van der Waals surface area (Å²) in [4.78, 5) is 26.1. The van der Waals surface area contributed by atoms with E-state index in [9.17, 15) is 22.8 Å². The van der Waals surface area contributed by atoms with E-state index < -0.39 is 12.4 Å². The molecule has 1 unspecified atom stereocenters. The molecule has 1 N–H and O–H groups in total. The lowest BCUT2D eigenvalue weighted by Gasteiger charge is -2.35. The Kier molecular flexibility index (Phi) is 4.38. The Hall–Kier alpha value is -2.25. The quantitative estimate of drug-likeness (QED) is 0.914. The predicted octanol–water partition coefficient (Wildman–Crippen LogP) is 2.38. The smallest absolute Gasteiger partial charge is 0.406 e. The summed E-state index contributed by atoms with van der Waals surface area (Å²) in [5.74, 6) is -0.383. The molecule has 1 aromatic carbocycles. The number of carbonyl (C=O) groups is 2. The number of rotatable bonds is 4. The third-order valence-corrected chi connectivity index (χ3v) is 4.12. The molecule has 1 saturated heterocycles. The Bertz CT molecular complexity index is 626. The molecule has 5 nitrogen and oxygen atoms in total. The number of ether oxygens (including phenoxy) is 1. The van der Waals surface area contributed by atoms with Crippen LogP contribution in [0.3, 0.4) is 0 Å². The minimum Gasteiger partial charge on any atom is -0.406 e. The second-order valence-electron chi connectivity index (χ2n) is 6.05. The number of hydrogen-bond acceptors (Lipinski definition) is 3. The molecule has 2 aliphatic rings. The van der Waals surface area contributed by atoms with Gasteiger partial charge in [0.1, 0.15) is 11.8 Å². The molecule has 24 heavy (non-hydrogen) atoms. The fourth-order valence-electron chi connectivity index (χ4n) is 2.80. The molecular formula is C16H17F3N2O3. The van der Waals surface area contributed by atoms with E-state index in [-0.39, 0.29) is 17.6 Å². The highest BCUT2D eigenvalue weighted by Crippen LogP contribution is 2.35. The van der Waals surface area contributed by atoms with Gasteiger partial charge in [-0.3, -0.25) is 9.59 Å². The summed E-state index contributed by atoms with van der Waals surface area (Å²) in [7, 11) is 0. The normalized spacial score (nSPS) is 21.4. The maximum Gasteiger partial charge on any atom is 0.573 e. The van der Waals surface area contributed by atoms with Crippen LogP contribution in [0.25, 0.3) is 0 Å². The number of nitrogens with zero attached hydrogens (tertiary/aromatic N) is 1. The number of halogens is 3. The van der Waals surface area contributed by atoms with E-state index >= 15 is 0 Å². The van der Waals surface area contributed by atoms with Crippen LogP contribution in [0.15, 0.2) is 24.3 Å². The number of alkyl halides is 3. The minimum atomic E-state index is -4.77. The fraction of sp³-hybridized carbons (Fsp3) is 0.500. The summed E-state index contributed by atoms with van der Waals surface area (Å²) >= 11 is 0. The van der Waals surface area contributed by atoms with E-state index in [0.717, 1.165) is 25.0 Å².